The topological polar surface area (TPSA) is 82.4 Å². The van der Waals surface area contributed by atoms with Gasteiger partial charge in [-0.3, -0.25) is 0 Å². The lowest BCUT2D eigenvalue weighted by atomic mass is 10.1. The lowest BCUT2D eigenvalue weighted by Crippen LogP contribution is -2.08. The highest BCUT2D eigenvalue weighted by atomic mass is 19.3. The molecule has 0 aliphatic carbocycles. The molecule has 0 radical (unpaired) electrons. The summed E-state index contributed by atoms with van der Waals surface area (Å²) in [5.74, 6) is -1.31. The van der Waals surface area contributed by atoms with E-state index in [1.165, 1.54) is 18.2 Å². The van der Waals surface area contributed by atoms with Crippen LogP contribution in [0.5, 0.6) is 5.75 Å². The van der Waals surface area contributed by atoms with Crippen molar-refractivity contribution in [3.63, 3.8) is 0 Å². The molecule has 0 saturated carbocycles. The van der Waals surface area contributed by atoms with Crippen molar-refractivity contribution < 1.29 is 23.4 Å². The molecule has 0 aliphatic rings. The molecule has 0 bridgehead atoms. The maximum atomic E-state index is 12.4. The molecular formula is C16H12F2N2O3. The normalized spacial score (nSPS) is 10.2. The van der Waals surface area contributed by atoms with E-state index in [1.54, 1.807) is 24.3 Å². The predicted molar refractivity (Wildman–Crippen MR) is 78.5 cm³/mol. The van der Waals surface area contributed by atoms with Crippen molar-refractivity contribution in [1.82, 2.24) is 0 Å². The molecule has 7 heteroatoms. The highest BCUT2D eigenvalue weighted by molar-refractivity contribution is 5.89. The van der Waals surface area contributed by atoms with Crippen LogP contribution in [0, 0.1) is 11.3 Å². The minimum atomic E-state index is -3.01. The van der Waals surface area contributed by atoms with Gasteiger partial charge in [0.25, 0.3) is 0 Å². The van der Waals surface area contributed by atoms with Crippen molar-refractivity contribution >= 4 is 11.7 Å². The van der Waals surface area contributed by atoms with Crippen LogP contribution in [0.3, 0.4) is 0 Å². The summed E-state index contributed by atoms with van der Waals surface area (Å²) in [5.41, 5.74) is 1.40. The fraction of sp³-hybridized carbons (Fsp3) is 0.125. The predicted octanol–water partition coefficient (Wildman–Crippen LogP) is 3.47. The number of hydrogen-bond donors (Lipinski definition) is 2. The number of carboxylic acids is 1. The van der Waals surface area contributed by atoms with Gasteiger partial charge < -0.3 is 15.2 Å². The Morgan fingerprint density at radius 2 is 1.96 bits per heavy atom. The number of aromatic carboxylic acids is 1. The molecule has 0 spiro atoms. The van der Waals surface area contributed by atoms with Gasteiger partial charge in [-0.1, -0.05) is 12.1 Å². The number of anilines is 1. The number of carboxylic acid groups (broad SMARTS) is 1. The van der Waals surface area contributed by atoms with Crippen LogP contribution >= 0.6 is 0 Å². The van der Waals surface area contributed by atoms with Gasteiger partial charge in [-0.05, 0) is 35.9 Å². The van der Waals surface area contributed by atoms with Crippen LogP contribution in [0.1, 0.15) is 21.5 Å². The van der Waals surface area contributed by atoms with Gasteiger partial charge >= 0.3 is 12.6 Å². The first-order valence-corrected chi connectivity index (χ1v) is 6.54. The molecule has 2 aromatic carbocycles. The molecular weight excluding hydrogens is 306 g/mol. The lowest BCUT2D eigenvalue weighted by molar-refractivity contribution is -0.0493. The van der Waals surface area contributed by atoms with Gasteiger partial charge in [0, 0.05) is 6.54 Å². The van der Waals surface area contributed by atoms with Crippen LogP contribution in [0.4, 0.5) is 14.5 Å². The molecule has 0 heterocycles. The second-order valence-corrected chi connectivity index (χ2v) is 4.56. The van der Waals surface area contributed by atoms with E-state index in [2.05, 4.69) is 10.1 Å². The number of nitrogens with one attached hydrogen (secondary N) is 1. The van der Waals surface area contributed by atoms with E-state index < -0.39 is 12.6 Å². The summed E-state index contributed by atoms with van der Waals surface area (Å²) in [7, 11) is 0. The number of nitriles is 1. The van der Waals surface area contributed by atoms with Crippen LogP contribution in [-0.4, -0.2) is 17.7 Å². The maximum Gasteiger partial charge on any atom is 0.387 e. The molecule has 2 N–H and O–H groups in total. The van der Waals surface area contributed by atoms with E-state index in [0.29, 0.717) is 5.56 Å². The van der Waals surface area contributed by atoms with E-state index in [4.69, 9.17) is 10.4 Å². The first kappa shape index (κ1) is 16.2. The minimum absolute atomic E-state index is 0.0473. The molecule has 0 fully saturated rings. The van der Waals surface area contributed by atoms with Gasteiger partial charge in [-0.25, -0.2) is 4.79 Å². The van der Waals surface area contributed by atoms with Gasteiger partial charge in [-0.2, -0.15) is 14.0 Å². The molecule has 0 unspecified atom stereocenters. The molecule has 0 aliphatic heterocycles. The number of benzene rings is 2. The molecule has 23 heavy (non-hydrogen) atoms. The van der Waals surface area contributed by atoms with Gasteiger partial charge in [0.1, 0.15) is 5.75 Å². The van der Waals surface area contributed by atoms with Crippen LogP contribution in [0.2, 0.25) is 0 Å². The fourth-order valence-corrected chi connectivity index (χ4v) is 1.89. The Kier molecular flexibility index (Phi) is 5.10. The van der Waals surface area contributed by atoms with Gasteiger partial charge in [-0.15, -0.1) is 0 Å². The Labute approximate surface area is 130 Å². The van der Waals surface area contributed by atoms with Crippen molar-refractivity contribution in [2.24, 2.45) is 0 Å². The van der Waals surface area contributed by atoms with Crippen LogP contribution in [-0.2, 0) is 6.54 Å². The maximum absolute atomic E-state index is 12.4. The zero-order valence-corrected chi connectivity index (χ0v) is 11.8. The summed E-state index contributed by atoms with van der Waals surface area (Å²) in [6.45, 7) is -2.75. The van der Waals surface area contributed by atoms with Gasteiger partial charge in [0.2, 0.25) is 0 Å². The summed E-state index contributed by atoms with van der Waals surface area (Å²) in [6.07, 6.45) is 0. The Balaban J connectivity index is 2.19. The summed E-state index contributed by atoms with van der Waals surface area (Å²) in [4.78, 5) is 11.0. The number of ether oxygens (including phenoxy) is 1. The van der Waals surface area contributed by atoms with E-state index in [9.17, 15) is 13.6 Å². The van der Waals surface area contributed by atoms with E-state index in [-0.39, 0.29) is 23.5 Å². The molecule has 118 valence electrons. The number of carbonyl (C=O) groups is 1. The van der Waals surface area contributed by atoms with Crippen LogP contribution < -0.4 is 10.1 Å². The third-order valence-corrected chi connectivity index (χ3v) is 3.01. The van der Waals surface area contributed by atoms with E-state index in [1.807, 2.05) is 6.07 Å². The van der Waals surface area contributed by atoms with E-state index in [0.717, 1.165) is 5.56 Å². The highest BCUT2D eigenvalue weighted by Gasteiger charge is 2.13. The first-order valence-electron chi connectivity index (χ1n) is 6.54. The molecule has 0 atom stereocenters. The SMILES string of the molecule is N#Cc1ccc(CNc2cc(C(=O)O)ccc2OC(F)F)cc1. The summed E-state index contributed by atoms with van der Waals surface area (Å²) in [6, 6.07) is 12.2. The number of rotatable bonds is 6. The summed E-state index contributed by atoms with van der Waals surface area (Å²) < 4.78 is 29.2. The molecule has 0 amide bonds. The first-order chi connectivity index (χ1) is 11.0. The molecule has 2 aromatic rings. The van der Waals surface area contributed by atoms with Crippen LogP contribution in [0.15, 0.2) is 42.5 Å². The van der Waals surface area contributed by atoms with Crippen molar-refractivity contribution in [1.29, 1.82) is 5.26 Å². The summed E-state index contributed by atoms with van der Waals surface area (Å²) in [5, 5.41) is 20.6. The largest absolute Gasteiger partial charge is 0.478 e. The molecule has 5 nitrogen and oxygen atoms in total. The third-order valence-electron chi connectivity index (χ3n) is 3.01. The zero-order valence-electron chi connectivity index (χ0n) is 11.8. The quantitative estimate of drug-likeness (QED) is 0.852. The Morgan fingerprint density at radius 3 is 2.52 bits per heavy atom. The monoisotopic (exact) mass is 318 g/mol. The molecule has 2 rings (SSSR count). The number of nitrogens with zero attached hydrogens (tertiary/aromatic N) is 1. The van der Waals surface area contributed by atoms with Crippen LogP contribution in [0.25, 0.3) is 0 Å². The second kappa shape index (κ2) is 7.22. The average molecular weight is 318 g/mol. The van der Waals surface area contributed by atoms with Gasteiger partial charge in [0.05, 0.1) is 22.9 Å². The van der Waals surface area contributed by atoms with Crippen molar-refractivity contribution in [3.8, 4) is 11.8 Å². The van der Waals surface area contributed by atoms with Gasteiger partial charge in [0.15, 0.2) is 0 Å². The fourth-order valence-electron chi connectivity index (χ4n) is 1.89. The highest BCUT2D eigenvalue weighted by Crippen LogP contribution is 2.28. The summed E-state index contributed by atoms with van der Waals surface area (Å²) >= 11 is 0. The zero-order chi connectivity index (χ0) is 16.8. The third kappa shape index (κ3) is 4.41. The molecule has 0 aromatic heterocycles. The van der Waals surface area contributed by atoms with Crippen molar-refractivity contribution in [3.05, 3.63) is 59.2 Å². The standard InChI is InChI=1S/C16H12F2N2O3/c17-16(18)23-14-6-5-12(15(21)22)7-13(14)20-9-11-3-1-10(8-19)2-4-11/h1-7,16,20H,9H2,(H,21,22). The Hall–Kier alpha value is -3.14. The minimum Gasteiger partial charge on any atom is -0.478 e. The smallest absolute Gasteiger partial charge is 0.387 e. The number of alkyl halides is 2. The Morgan fingerprint density at radius 1 is 1.26 bits per heavy atom. The second-order valence-electron chi connectivity index (χ2n) is 4.56. The average Bonchev–Trinajstić information content (AvgIpc) is 2.53. The van der Waals surface area contributed by atoms with Crippen molar-refractivity contribution in [2.75, 3.05) is 5.32 Å². The number of hydrogen-bond acceptors (Lipinski definition) is 4. The van der Waals surface area contributed by atoms with E-state index >= 15 is 0 Å². The lowest BCUT2D eigenvalue weighted by Gasteiger charge is -2.13. The van der Waals surface area contributed by atoms with Crippen molar-refractivity contribution in [2.45, 2.75) is 13.2 Å². The molecule has 0 saturated heterocycles. The number of halogens is 2. The Bertz CT molecular complexity index is 740.